The van der Waals surface area contributed by atoms with Gasteiger partial charge in [0, 0.05) is 12.5 Å². The Bertz CT molecular complexity index is 237. The van der Waals surface area contributed by atoms with Crippen LogP contribution in [0.3, 0.4) is 0 Å². The second-order valence-electron chi connectivity index (χ2n) is 4.23. The number of esters is 1. The minimum Gasteiger partial charge on any atom is -0.466 e. The van der Waals surface area contributed by atoms with Crippen molar-refractivity contribution < 1.29 is 14.3 Å². The van der Waals surface area contributed by atoms with Crippen LogP contribution in [0.25, 0.3) is 0 Å². The number of hydrogen-bond donors (Lipinski definition) is 0. The quantitative estimate of drug-likeness (QED) is 0.581. The highest BCUT2D eigenvalue weighted by Crippen LogP contribution is 2.06. The van der Waals surface area contributed by atoms with Crippen molar-refractivity contribution in [2.24, 2.45) is 0 Å². The lowest BCUT2D eigenvalue weighted by Crippen LogP contribution is -2.35. The zero-order valence-electron chi connectivity index (χ0n) is 11.5. The molecule has 4 nitrogen and oxygen atoms in total. The molecule has 0 N–H and O–H groups in total. The first kappa shape index (κ1) is 16.1. The van der Waals surface area contributed by atoms with Crippen molar-refractivity contribution in [1.82, 2.24) is 4.90 Å². The average Bonchev–Trinajstić information content (AvgIpc) is 2.28. The lowest BCUT2D eigenvalue weighted by molar-refractivity contribution is -0.144. The third-order valence-corrected chi connectivity index (χ3v) is 2.90. The normalized spacial score (nSPS) is 10.9. The first-order valence-corrected chi connectivity index (χ1v) is 6.42. The number of ketones is 1. The molecule has 0 saturated heterocycles. The van der Waals surface area contributed by atoms with E-state index < -0.39 is 0 Å². The number of carbonyl (C=O) groups is 2. The van der Waals surface area contributed by atoms with Crippen molar-refractivity contribution in [3.63, 3.8) is 0 Å². The van der Waals surface area contributed by atoms with E-state index in [0.717, 1.165) is 12.8 Å². The zero-order valence-corrected chi connectivity index (χ0v) is 11.5. The van der Waals surface area contributed by atoms with Gasteiger partial charge in [-0.1, -0.05) is 13.8 Å². The van der Waals surface area contributed by atoms with Crippen molar-refractivity contribution in [3.8, 4) is 0 Å². The molecule has 0 spiro atoms. The topological polar surface area (TPSA) is 46.6 Å². The van der Waals surface area contributed by atoms with Gasteiger partial charge in [0.1, 0.15) is 5.78 Å². The van der Waals surface area contributed by atoms with Gasteiger partial charge in [0.15, 0.2) is 0 Å². The Kier molecular flexibility index (Phi) is 8.68. The summed E-state index contributed by atoms with van der Waals surface area (Å²) in [7, 11) is 1.96. The summed E-state index contributed by atoms with van der Waals surface area (Å²) in [6, 6.07) is 0.446. The molecule has 100 valence electrons. The molecule has 0 unspecified atom stereocenters. The van der Waals surface area contributed by atoms with Gasteiger partial charge in [-0.25, -0.2) is 0 Å². The smallest absolute Gasteiger partial charge is 0.306 e. The predicted octanol–water partition coefficient (Wildman–Crippen LogP) is 2.02. The summed E-state index contributed by atoms with van der Waals surface area (Å²) < 4.78 is 4.78. The van der Waals surface area contributed by atoms with Gasteiger partial charge in [0.05, 0.1) is 19.6 Å². The van der Waals surface area contributed by atoms with Crippen LogP contribution in [0.4, 0.5) is 0 Å². The van der Waals surface area contributed by atoms with Gasteiger partial charge in [-0.05, 0) is 26.8 Å². The molecule has 0 aliphatic rings. The maximum absolute atomic E-state index is 11.6. The Labute approximate surface area is 104 Å². The Balaban J connectivity index is 3.89. The van der Waals surface area contributed by atoms with Crippen LogP contribution in [0.15, 0.2) is 0 Å². The van der Waals surface area contributed by atoms with E-state index in [9.17, 15) is 9.59 Å². The van der Waals surface area contributed by atoms with Crippen molar-refractivity contribution in [2.45, 2.75) is 52.5 Å². The summed E-state index contributed by atoms with van der Waals surface area (Å²) in [6.45, 7) is 6.80. The van der Waals surface area contributed by atoms with Gasteiger partial charge in [-0.15, -0.1) is 0 Å². The molecule has 0 rings (SSSR count). The molecule has 0 aliphatic heterocycles. The number of nitrogens with zero attached hydrogens (tertiary/aromatic N) is 1. The van der Waals surface area contributed by atoms with E-state index in [-0.39, 0.29) is 24.6 Å². The van der Waals surface area contributed by atoms with Gasteiger partial charge < -0.3 is 4.74 Å². The minimum atomic E-state index is -0.286. The molecule has 0 radical (unpaired) electrons. The number of hydrogen-bond acceptors (Lipinski definition) is 4. The van der Waals surface area contributed by atoms with Crippen LogP contribution >= 0.6 is 0 Å². The van der Waals surface area contributed by atoms with Crippen molar-refractivity contribution >= 4 is 11.8 Å². The number of carbonyl (C=O) groups excluding carboxylic acids is 2. The third kappa shape index (κ3) is 7.10. The number of rotatable bonds is 9. The summed E-state index contributed by atoms with van der Waals surface area (Å²) in [5.74, 6) is -0.182. The molecule has 0 aromatic heterocycles. The fraction of sp³-hybridized carbons (Fsp3) is 0.846. The molecular weight excluding hydrogens is 218 g/mol. The van der Waals surface area contributed by atoms with Crippen LogP contribution in [-0.4, -0.2) is 42.9 Å². The zero-order chi connectivity index (χ0) is 13.3. The van der Waals surface area contributed by atoms with Crippen LogP contribution in [0.5, 0.6) is 0 Å². The number of ether oxygens (including phenoxy) is 1. The predicted molar refractivity (Wildman–Crippen MR) is 67.9 cm³/mol. The number of Topliss-reactive ketones (excluding diaryl/α,β-unsaturated/α-hetero) is 1. The third-order valence-electron chi connectivity index (χ3n) is 2.90. The molecule has 4 heteroatoms. The maximum Gasteiger partial charge on any atom is 0.306 e. The highest BCUT2D eigenvalue weighted by molar-refractivity contribution is 5.84. The van der Waals surface area contributed by atoms with E-state index >= 15 is 0 Å². The highest BCUT2D eigenvalue weighted by Gasteiger charge is 2.15. The van der Waals surface area contributed by atoms with E-state index in [1.54, 1.807) is 6.92 Å². The maximum atomic E-state index is 11.6. The second kappa shape index (κ2) is 9.16. The molecule has 0 aromatic rings. The molecule has 0 aromatic carbocycles. The second-order valence-corrected chi connectivity index (χ2v) is 4.23. The van der Waals surface area contributed by atoms with E-state index in [1.807, 2.05) is 7.05 Å². The molecule has 0 aliphatic carbocycles. The van der Waals surface area contributed by atoms with Crippen LogP contribution in [0.2, 0.25) is 0 Å². The fourth-order valence-corrected chi connectivity index (χ4v) is 1.87. The van der Waals surface area contributed by atoms with E-state index in [4.69, 9.17) is 4.74 Å². The Morgan fingerprint density at radius 1 is 1.12 bits per heavy atom. The molecule has 0 atom stereocenters. The fourth-order valence-electron chi connectivity index (χ4n) is 1.87. The van der Waals surface area contributed by atoms with Gasteiger partial charge in [-0.2, -0.15) is 0 Å². The average molecular weight is 243 g/mol. The molecule has 0 heterocycles. The minimum absolute atomic E-state index is 0.104. The van der Waals surface area contributed by atoms with E-state index in [2.05, 4.69) is 18.7 Å². The summed E-state index contributed by atoms with van der Waals surface area (Å²) in [6.07, 6.45) is 2.56. The molecule has 0 bridgehead atoms. The van der Waals surface area contributed by atoms with E-state index in [1.165, 1.54) is 0 Å². The monoisotopic (exact) mass is 243 g/mol. The first-order chi connectivity index (χ1) is 8.04. The van der Waals surface area contributed by atoms with Gasteiger partial charge >= 0.3 is 5.97 Å². The molecule has 0 amide bonds. The highest BCUT2D eigenvalue weighted by atomic mass is 16.5. The summed E-state index contributed by atoms with van der Waals surface area (Å²) in [4.78, 5) is 24.8. The SMILES string of the molecule is CCOC(=O)CCC(=O)CN(C)C(CC)CC. The molecule has 0 saturated carbocycles. The summed E-state index contributed by atoms with van der Waals surface area (Å²) in [5.41, 5.74) is 0. The van der Waals surface area contributed by atoms with Crippen LogP contribution < -0.4 is 0 Å². The first-order valence-electron chi connectivity index (χ1n) is 6.42. The van der Waals surface area contributed by atoms with Crippen molar-refractivity contribution in [1.29, 1.82) is 0 Å². The van der Waals surface area contributed by atoms with Gasteiger partial charge in [0.25, 0.3) is 0 Å². The van der Waals surface area contributed by atoms with E-state index in [0.29, 0.717) is 19.2 Å². The van der Waals surface area contributed by atoms with Gasteiger partial charge in [-0.3, -0.25) is 14.5 Å². The molecule has 0 fully saturated rings. The van der Waals surface area contributed by atoms with Crippen LogP contribution in [0.1, 0.15) is 46.5 Å². The van der Waals surface area contributed by atoms with Crippen LogP contribution in [-0.2, 0) is 14.3 Å². The lowest BCUT2D eigenvalue weighted by Gasteiger charge is -2.25. The molecule has 17 heavy (non-hydrogen) atoms. The Hall–Kier alpha value is -0.900. The Morgan fingerprint density at radius 3 is 2.18 bits per heavy atom. The van der Waals surface area contributed by atoms with Gasteiger partial charge in [0.2, 0.25) is 0 Å². The standard InChI is InChI=1S/C13H25NO3/c1-5-11(6-2)14(4)10-12(15)8-9-13(16)17-7-3/h11H,5-10H2,1-4H3. The Morgan fingerprint density at radius 2 is 1.71 bits per heavy atom. The molecular formula is C13H25NO3. The summed E-state index contributed by atoms with van der Waals surface area (Å²) in [5, 5.41) is 0. The van der Waals surface area contributed by atoms with Crippen molar-refractivity contribution in [2.75, 3.05) is 20.2 Å². The lowest BCUT2D eigenvalue weighted by atomic mass is 10.1. The number of likely N-dealkylation sites (N-methyl/N-ethyl adjacent to an activating group) is 1. The van der Waals surface area contributed by atoms with Crippen LogP contribution in [0, 0.1) is 0 Å². The largest absolute Gasteiger partial charge is 0.466 e. The summed E-state index contributed by atoms with van der Waals surface area (Å²) >= 11 is 0. The van der Waals surface area contributed by atoms with Crippen molar-refractivity contribution in [3.05, 3.63) is 0 Å².